The van der Waals surface area contributed by atoms with E-state index >= 15 is 0 Å². The minimum Gasteiger partial charge on any atom is -0.276 e. The molecule has 0 aliphatic heterocycles. The van der Waals surface area contributed by atoms with Gasteiger partial charge in [0.05, 0.1) is 5.69 Å². The Balaban J connectivity index is 1.94. The van der Waals surface area contributed by atoms with Crippen LogP contribution in [0.3, 0.4) is 0 Å². The predicted octanol–water partition coefficient (Wildman–Crippen LogP) is 3.18. The van der Waals surface area contributed by atoms with Gasteiger partial charge in [0.2, 0.25) is 0 Å². The molecule has 0 amide bonds. The van der Waals surface area contributed by atoms with Crippen molar-refractivity contribution in [2.45, 2.75) is 31.8 Å². The van der Waals surface area contributed by atoms with Gasteiger partial charge < -0.3 is 0 Å². The summed E-state index contributed by atoms with van der Waals surface area (Å²) < 4.78 is 2.62. The van der Waals surface area contributed by atoms with Gasteiger partial charge in [-0.15, -0.1) is 12.6 Å². The first-order valence-corrected chi connectivity index (χ1v) is 9.97. The van der Waals surface area contributed by atoms with Crippen molar-refractivity contribution in [2.24, 2.45) is 13.0 Å². The van der Waals surface area contributed by atoms with E-state index in [1.807, 2.05) is 38.1 Å². The summed E-state index contributed by atoms with van der Waals surface area (Å²) in [5.74, 6) is 0.215. The first-order valence-electron chi connectivity index (χ1n) is 9.53. The van der Waals surface area contributed by atoms with Crippen LogP contribution in [-0.4, -0.2) is 19.1 Å². The van der Waals surface area contributed by atoms with Gasteiger partial charge in [-0.2, -0.15) is 0 Å². The van der Waals surface area contributed by atoms with E-state index in [1.54, 1.807) is 0 Å². The van der Waals surface area contributed by atoms with Crippen LogP contribution >= 0.6 is 12.6 Å². The van der Waals surface area contributed by atoms with Gasteiger partial charge in [-0.25, -0.2) is 14.8 Å². The summed E-state index contributed by atoms with van der Waals surface area (Å²) in [5.41, 5.74) is 1.38. The second kappa shape index (κ2) is 7.48. The average molecular weight is 407 g/mol. The van der Waals surface area contributed by atoms with Crippen LogP contribution in [-0.2, 0) is 20.0 Å². The highest BCUT2D eigenvalue weighted by Gasteiger charge is 2.17. The lowest BCUT2D eigenvalue weighted by Crippen LogP contribution is -2.39. The summed E-state index contributed by atoms with van der Waals surface area (Å²) in [7, 11) is 1.46. The fraction of sp³-hybridized carbons (Fsp3) is 0.273. The van der Waals surface area contributed by atoms with Gasteiger partial charge in [-0.3, -0.25) is 13.9 Å². The van der Waals surface area contributed by atoms with E-state index in [4.69, 9.17) is 4.98 Å². The number of fused-ring (bicyclic) bond motifs is 2. The molecule has 0 spiro atoms. The van der Waals surface area contributed by atoms with E-state index in [0.29, 0.717) is 29.3 Å². The largest absolute Gasteiger partial charge is 0.332 e. The third-order valence-electron chi connectivity index (χ3n) is 4.99. The molecule has 0 unspecified atom stereocenters. The summed E-state index contributed by atoms with van der Waals surface area (Å²) in [4.78, 5) is 34.4. The highest BCUT2D eigenvalue weighted by Crippen LogP contribution is 2.23. The molecule has 4 rings (SSSR count). The van der Waals surface area contributed by atoms with Crippen LogP contribution in [0.1, 0.15) is 25.1 Å². The summed E-state index contributed by atoms with van der Waals surface area (Å²) in [6.07, 6.45) is 0.508. The first kappa shape index (κ1) is 19.4. The Hall–Kier alpha value is -2.93. The van der Waals surface area contributed by atoms with Crippen LogP contribution in [0.15, 0.2) is 57.1 Å². The Labute approximate surface area is 173 Å². The van der Waals surface area contributed by atoms with E-state index in [2.05, 4.69) is 35.8 Å². The van der Waals surface area contributed by atoms with Gasteiger partial charge >= 0.3 is 5.69 Å². The van der Waals surface area contributed by atoms with Crippen molar-refractivity contribution in [2.75, 3.05) is 0 Å². The molecular weight excluding hydrogens is 384 g/mol. The Morgan fingerprint density at radius 3 is 2.52 bits per heavy atom. The van der Waals surface area contributed by atoms with Gasteiger partial charge in [-0.1, -0.05) is 56.3 Å². The molecule has 29 heavy (non-hydrogen) atoms. The topological polar surface area (TPSA) is 69.8 Å². The molecule has 7 heteroatoms. The van der Waals surface area contributed by atoms with E-state index in [9.17, 15) is 9.59 Å². The van der Waals surface area contributed by atoms with Crippen molar-refractivity contribution >= 4 is 34.6 Å². The zero-order valence-electron chi connectivity index (χ0n) is 16.6. The molecule has 0 saturated carbocycles. The standard InChI is InChI=1S/C22H22N4O2S/c1-13(2)12-26-19-18(21(27)25(3)22(26)28)24-20(29)17(23-19)11-15-9-6-8-14-7-4-5-10-16(14)15/h4-10,13H,11-12H2,1-3H3,(H,24,29). The maximum Gasteiger partial charge on any atom is 0.332 e. The zero-order chi connectivity index (χ0) is 20.7. The van der Waals surface area contributed by atoms with Crippen LogP contribution in [0.2, 0.25) is 0 Å². The molecule has 0 saturated heterocycles. The molecule has 6 nitrogen and oxygen atoms in total. The number of hydrogen-bond donors (Lipinski definition) is 1. The highest BCUT2D eigenvalue weighted by molar-refractivity contribution is 7.80. The molecule has 2 aromatic carbocycles. The van der Waals surface area contributed by atoms with Gasteiger partial charge in [0, 0.05) is 20.0 Å². The third-order valence-corrected chi connectivity index (χ3v) is 5.35. The maximum absolute atomic E-state index is 12.7. The minimum absolute atomic E-state index is 0.166. The van der Waals surface area contributed by atoms with Crippen molar-refractivity contribution in [3.8, 4) is 0 Å². The minimum atomic E-state index is -0.454. The number of rotatable bonds is 4. The lowest BCUT2D eigenvalue weighted by molar-refractivity contribution is 0.498. The summed E-state index contributed by atoms with van der Waals surface area (Å²) in [5, 5.41) is 2.68. The first-order chi connectivity index (χ1) is 13.9. The SMILES string of the molecule is CC(C)Cn1c(=O)n(C)c(=O)c2nc(S)c(Cc3cccc4ccccc34)nc21. The maximum atomic E-state index is 12.7. The number of nitrogens with zero attached hydrogens (tertiary/aromatic N) is 4. The van der Waals surface area contributed by atoms with Crippen molar-refractivity contribution in [3.05, 3.63) is 74.6 Å². The monoisotopic (exact) mass is 406 g/mol. The second-order valence-electron chi connectivity index (χ2n) is 7.63. The van der Waals surface area contributed by atoms with Crippen LogP contribution in [0.4, 0.5) is 0 Å². The second-order valence-corrected chi connectivity index (χ2v) is 8.06. The smallest absolute Gasteiger partial charge is 0.276 e. The Bertz CT molecular complexity index is 1350. The van der Waals surface area contributed by atoms with E-state index in [0.717, 1.165) is 20.9 Å². The fourth-order valence-corrected chi connectivity index (χ4v) is 3.80. The van der Waals surface area contributed by atoms with Crippen LogP contribution < -0.4 is 11.2 Å². The normalized spacial score (nSPS) is 11.6. The van der Waals surface area contributed by atoms with Gasteiger partial charge in [0.15, 0.2) is 11.2 Å². The van der Waals surface area contributed by atoms with E-state index in [1.165, 1.54) is 11.6 Å². The van der Waals surface area contributed by atoms with Gasteiger partial charge in [0.1, 0.15) is 5.03 Å². The Morgan fingerprint density at radius 1 is 1.03 bits per heavy atom. The summed E-state index contributed by atoms with van der Waals surface area (Å²) in [6, 6.07) is 14.3. The average Bonchev–Trinajstić information content (AvgIpc) is 2.71. The Kier molecular flexibility index (Phi) is 5.00. The number of thiol groups is 1. The van der Waals surface area contributed by atoms with Crippen LogP contribution in [0.25, 0.3) is 21.9 Å². The number of hydrogen-bond acceptors (Lipinski definition) is 5. The molecule has 0 N–H and O–H groups in total. The lowest BCUT2D eigenvalue weighted by Gasteiger charge is -2.15. The van der Waals surface area contributed by atoms with Crippen LogP contribution in [0.5, 0.6) is 0 Å². The molecule has 2 heterocycles. The molecule has 0 radical (unpaired) electrons. The fourth-order valence-electron chi connectivity index (χ4n) is 3.58. The summed E-state index contributed by atoms with van der Waals surface area (Å²) >= 11 is 4.50. The number of benzene rings is 2. The lowest BCUT2D eigenvalue weighted by atomic mass is 10.0. The molecule has 0 bridgehead atoms. The molecule has 2 aromatic heterocycles. The highest BCUT2D eigenvalue weighted by atomic mass is 32.1. The zero-order valence-corrected chi connectivity index (χ0v) is 17.5. The third kappa shape index (κ3) is 3.46. The molecule has 0 aliphatic rings. The van der Waals surface area contributed by atoms with Crippen molar-refractivity contribution in [3.63, 3.8) is 0 Å². The molecular formula is C22H22N4O2S. The van der Waals surface area contributed by atoms with E-state index < -0.39 is 5.56 Å². The molecule has 0 aliphatic carbocycles. The van der Waals surface area contributed by atoms with Crippen molar-refractivity contribution < 1.29 is 0 Å². The van der Waals surface area contributed by atoms with E-state index in [-0.39, 0.29) is 17.1 Å². The molecule has 0 atom stereocenters. The quantitative estimate of drug-likeness (QED) is 0.529. The summed E-state index contributed by atoms with van der Waals surface area (Å²) in [6.45, 7) is 4.49. The van der Waals surface area contributed by atoms with Crippen LogP contribution in [0, 0.1) is 5.92 Å². The van der Waals surface area contributed by atoms with Gasteiger partial charge in [-0.05, 0) is 22.3 Å². The van der Waals surface area contributed by atoms with Crippen molar-refractivity contribution in [1.82, 2.24) is 19.1 Å². The predicted molar refractivity (Wildman–Crippen MR) is 118 cm³/mol. The van der Waals surface area contributed by atoms with Gasteiger partial charge in [0.25, 0.3) is 5.56 Å². The number of aromatic nitrogens is 4. The Morgan fingerprint density at radius 2 is 1.76 bits per heavy atom. The molecule has 148 valence electrons. The van der Waals surface area contributed by atoms with Crippen molar-refractivity contribution in [1.29, 1.82) is 0 Å². The molecule has 4 aromatic rings. The molecule has 0 fully saturated rings.